The molecule has 0 saturated carbocycles. The van der Waals surface area contributed by atoms with E-state index in [2.05, 4.69) is 23.2 Å². The SMILES string of the molecule is CCC[C@H](c1cc(C#N)ccc1O)N1CCNCC1.Cl.Cl. The number of halogens is 2. The molecule has 21 heavy (non-hydrogen) atoms. The third-order valence-corrected chi connectivity index (χ3v) is 3.67. The lowest BCUT2D eigenvalue weighted by atomic mass is 9.97. The van der Waals surface area contributed by atoms with E-state index in [1.807, 2.05) is 6.07 Å². The Labute approximate surface area is 139 Å². The Hall–Kier alpha value is -0.990. The molecule has 0 amide bonds. The number of hydrogen-bond acceptors (Lipinski definition) is 4. The molecule has 2 N–H and O–H groups in total. The van der Waals surface area contributed by atoms with Gasteiger partial charge in [-0.25, -0.2) is 0 Å². The molecule has 1 aliphatic rings. The van der Waals surface area contributed by atoms with Gasteiger partial charge in [-0.05, 0) is 24.6 Å². The molecule has 6 heteroatoms. The summed E-state index contributed by atoms with van der Waals surface area (Å²) >= 11 is 0. The van der Waals surface area contributed by atoms with Crippen molar-refractivity contribution in [2.24, 2.45) is 0 Å². The first-order valence-electron chi connectivity index (χ1n) is 6.94. The van der Waals surface area contributed by atoms with Crippen LogP contribution in [0.4, 0.5) is 0 Å². The first kappa shape index (κ1) is 20.0. The van der Waals surface area contributed by atoms with Crippen LogP contribution in [0.25, 0.3) is 0 Å². The van der Waals surface area contributed by atoms with Crippen LogP contribution in [-0.4, -0.2) is 36.2 Å². The highest BCUT2D eigenvalue weighted by Crippen LogP contribution is 2.33. The van der Waals surface area contributed by atoms with E-state index in [1.54, 1.807) is 12.1 Å². The quantitative estimate of drug-likeness (QED) is 0.890. The molecule has 1 heterocycles. The summed E-state index contributed by atoms with van der Waals surface area (Å²) in [6, 6.07) is 7.50. The first-order chi connectivity index (χ1) is 9.26. The Morgan fingerprint density at radius 2 is 2.00 bits per heavy atom. The summed E-state index contributed by atoms with van der Waals surface area (Å²) in [6.07, 6.45) is 2.06. The number of benzene rings is 1. The summed E-state index contributed by atoms with van der Waals surface area (Å²) in [5.74, 6) is 0.302. The van der Waals surface area contributed by atoms with Gasteiger partial charge >= 0.3 is 0 Å². The molecule has 1 aliphatic heterocycles. The molecule has 0 bridgehead atoms. The van der Waals surface area contributed by atoms with E-state index in [0.29, 0.717) is 11.3 Å². The van der Waals surface area contributed by atoms with Crippen molar-refractivity contribution in [1.82, 2.24) is 10.2 Å². The highest BCUT2D eigenvalue weighted by atomic mass is 35.5. The number of piperazine rings is 1. The van der Waals surface area contributed by atoms with Crippen molar-refractivity contribution in [3.8, 4) is 11.8 Å². The summed E-state index contributed by atoms with van der Waals surface area (Å²) in [5.41, 5.74) is 1.51. The Balaban J connectivity index is 0.00000200. The topological polar surface area (TPSA) is 59.3 Å². The van der Waals surface area contributed by atoms with Crippen LogP contribution >= 0.6 is 24.8 Å². The molecule has 0 spiro atoms. The van der Waals surface area contributed by atoms with Gasteiger partial charge in [0, 0.05) is 37.8 Å². The standard InChI is InChI=1S/C15H21N3O.2ClH/c1-2-3-14(18-8-6-17-7-9-18)13-10-12(11-16)4-5-15(13)19;;/h4-5,10,14,17,19H,2-3,6-9H2,1H3;2*1H/t14-;;/m1../s1. The molecule has 118 valence electrons. The minimum absolute atomic E-state index is 0. The molecule has 0 aliphatic carbocycles. The number of phenols is 1. The average Bonchev–Trinajstić information content (AvgIpc) is 2.47. The minimum Gasteiger partial charge on any atom is -0.508 e. The fraction of sp³-hybridized carbons (Fsp3) is 0.533. The number of nitrogens with one attached hydrogen (secondary N) is 1. The summed E-state index contributed by atoms with van der Waals surface area (Å²) in [4.78, 5) is 2.40. The zero-order valence-electron chi connectivity index (χ0n) is 12.2. The van der Waals surface area contributed by atoms with E-state index in [9.17, 15) is 5.11 Å². The Morgan fingerprint density at radius 1 is 1.33 bits per heavy atom. The van der Waals surface area contributed by atoms with E-state index < -0.39 is 0 Å². The van der Waals surface area contributed by atoms with E-state index >= 15 is 0 Å². The van der Waals surface area contributed by atoms with Crippen LogP contribution in [0.5, 0.6) is 5.75 Å². The highest BCUT2D eigenvalue weighted by Gasteiger charge is 2.23. The molecular formula is C15H23Cl2N3O. The average molecular weight is 332 g/mol. The predicted octanol–water partition coefficient (Wildman–Crippen LogP) is 2.85. The van der Waals surface area contributed by atoms with Gasteiger partial charge in [0.1, 0.15) is 5.75 Å². The lowest BCUT2D eigenvalue weighted by molar-refractivity contribution is 0.162. The molecule has 4 nitrogen and oxygen atoms in total. The van der Waals surface area contributed by atoms with Crippen molar-refractivity contribution in [1.29, 1.82) is 5.26 Å². The molecule has 0 aromatic heterocycles. The number of rotatable bonds is 4. The second kappa shape index (κ2) is 9.86. The summed E-state index contributed by atoms with van der Waals surface area (Å²) in [6.45, 7) is 6.10. The number of nitriles is 1. The third-order valence-electron chi connectivity index (χ3n) is 3.67. The molecule has 1 saturated heterocycles. The molecule has 1 atom stereocenters. The highest BCUT2D eigenvalue weighted by molar-refractivity contribution is 5.85. The largest absolute Gasteiger partial charge is 0.508 e. The lowest BCUT2D eigenvalue weighted by Gasteiger charge is -2.35. The van der Waals surface area contributed by atoms with Gasteiger partial charge < -0.3 is 10.4 Å². The maximum Gasteiger partial charge on any atom is 0.120 e. The van der Waals surface area contributed by atoms with Crippen LogP contribution < -0.4 is 5.32 Å². The smallest absolute Gasteiger partial charge is 0.120 e. The van der Waals surface area contributed by atoms with E-state index in [0.717, 1.165) is 44.6 Å². The normalized spacial score (nSPS) is 16.2. The Kier molecular flexibility index (Phi) is 9.39. The van der Waals surface area contributed by atoms with E-state index in [-0.39, 0.29) is 30.9 Å². The van der Waals surface area contributed by atoms with Crippen LogP contribution in [0.1, 0.15) is 36.9 Å². The van der Waals surface area contributed by atoms with Crippen molar-refractivity contribution in [3.05, 3.63) is 29.3 Å². The summed E-state index contributed by atoms with van der Waals surface area (Å²) in [7, 11) is 0. The van der Waals surface area contributed by atoms with E-state index in [1.165, 1.54) is 0 Å². The van der Waals surface area contributed by atoms with Crippen molar-refractivity contribution in [3.63, 3.8) is 0 Å². The fourth-order valence-electron chi connectivity index (χ4n) is 2.69. The van der Waals surface area contributed by atoms with Crippen LogP contribution in [-0.2, 0) is 0 Å². The Bertz CT molecular complexity index is 470. The van der Waals surface area contributed by atoms with Crippen LogP contribution in [0, 0.1) is 11.3 Å². The maximum absolute atomic E-state index is 10.1. The minimum atomic E-state index is 0. The van der Waals surface area contributed by atoms with Crippen molar-refractivity contribution in [2.75, 3.05) is 26.2 Å². The third kappa shape index (κ3) is 5.05. The van der Waals surface area contributed by atoms with Gasteiger partial charge in [-0.3, -0.25) is 4.90 Å². The number of phenolic OH excluding ortho intramolecular Hbond substituents is 1. The zero-order valence-corrected chi connectivity index (χ0v) is 13.8. The molecule has 1 fully saturated rings. The van der Waals surface area contributed by atoms with Gasteiger partial charge in [-0.15, -0.1) is 24.8 Å². The van der Waals surface area contributed by atoms with Gasteiger partial charge in [-0.1, -0.05) is 13.3 Å². The van der Waals surface area contributed by atoms with Crippen LogP contribution in [0.15, 0.2) is 18.2 Å². The second-order valence-electron chi connectivity index (χ2n) is 4.98. The maximum atomic E-state index is 10.1. The molecular weight excluding hydrogens is 309 g/mol. The number of aromatic hydroxyl groups is 1. The van der Waals surface area contributed by atoms with E-state index in [4.69, 9.17) is 5.26 Å². The van der Waals surface area contributed by atoms with Gasteiger partial charge in [0.15, 0.2) is 0 Å². The first-order valence-corrected chi connectivity index (χ1v) is 6.94. The summed E-state index contributed by atoms with van der Waals surface area (Å²) < 4.78 is 0. The monoisotopic (exact) mass is 331 g/mol. The van der Waals surface area contributed by atoms with Crippen LogP contribution in [0.2, 0.25) is 0 Å². The molecule has 1 aromatic rings. The van der Waals surface area contributed by atoms with Crippen molar-refractivity contribution in [2.45, 2.75) is 25.8 Å². The Morgan fingerprint density at radius 3 is 2.57 bits per heavy atom. The van der Waals surface area contributed by atoms with Crippen molar-refractivity contribution >= 4 is 24.8 Å². The predicted molar refractivity (Wildman–Crippen MR) is 89.4 cm³/mol. The van der Waals surface area contributed by atoms with Crippen molar-refractivity contribution < 1.29 is 5.11 Å². The lowest BCUT2D eigenvalue weighted by Crippen LogP contribution is -2.45. The van der Waals surface area contributed by atoms with Crippen LogP contribution in [0.3, 0.4) is 0 Å². The van der Waals surface area contributed by atoms with Gasteiger partial charge in [0.05, 0.1) is 11.6 Å². The number of hydrogen-bond donors (Lipinski definition) is 2. The van der Waals surface area contributed by atoms with Gasteiger partial charge in [0.25, 0.3) is 0 Å². The number of nitrogens with zero attached hydrogens (tertiary/aromatic N) is 2. The molecule has 1 aromatic carbocycles. The molecule has 2 rings (SSSR count). The molecule has 0 unspecified atom stereocenters. The fourth-order valence-corrected chi connectivity index (χ4v) is 2.69. The second-order valence-corrected chi connectivity index (χ2v) is 4.98. The zero-order chi connectivity index (χ0) is 13.7. The van der Waals surface area contributed by atoms with Gasteiger partial charge in [0.2, 0.25) is 0 Å². The summed E-state index contributed by atoms with van der Waals surface area (Å²) in [5, 5.41) is 22.5. The van der Waals surface area contributed by atoms with Gasteiger partial charge in [-0.2, -0.15) is 5.26 Å². The molecule has 0 radical (unpaired) electrons.